The average molecular weight is 352 g/mol. The summed E-state index contributed by atoms with van der Waals surface area (Å²) in [4.78, 5) is 0. The fraction of sp³-hybridized carbons (Fsp3) is 0.294. The minimum Gasteiger partial charge on any atom is -0.456 e. The van der Waals surface area contributed by atoms with E-state index in [9.17, 15) is 4.39 Å². The second kappa shape index (κ2) is 7.05. The molecule has 112 valence electrons. The Kier molecular flexibility index (Phi) is 5.37. The fourth-order valence-corrected chi connectivity index (χ4v) is 2.40. The van der Waals surface area contributed by atoms with Crippen LogP contribution < -0.4 is 10.5 Å². The molecule has 0 spiro atoms. The van der Waals surface area contributed by atoms with E-state index in [0.29, 0.717) is 11.5 Å². The van der Waals surface area contributed by atoms with E-state index in [1.807, 2.05) is 25.1 Å². The standard InChI is InChI=1S/C17H19BrFNO/c1-3-14(20)9-12-4-6-15(8-11(12)2)21-17-10-13(19)5-7-16(17)18/h4-8,10,14H,3,9,20H2,1-2H3. The Morgan fingerprint density at radius 3 is 2.67 bits per heavy atom. The Labute approximate surface area is 133 Å². The molecule has 1 atom stereocenters. The van der Waals surface area contributed by atoms with Crippen LogP contribution in [0.3, 0.4) is 0 Å². The van der Waals surface area contributed by atoms with Crippen molar-refractivity contribution < 1.29 is 9.13 Å². The minimum atomic E-state index is -0.324. The van der Waals surface area contributed by atoms with Gasteiger partial charge in [-0.3, -0.25) is 0 Å². The summed E-state index contributed by atoms with van der Waals surface area (Å²) in [5.41, 5.74) is 8.34. The molecular weight excluding hydrogens is 333 g/mol. The lowest BCUT2D eigenvalue weighted by Crippen LogP contribution is -2.21. The summed E-state index contributed by atoms with van der Waals surface area (Å²) in [6.07, 6.45) is 1.81. The van der Waals surface area contributed by atoms with Gasteiger partial charge in [0.05, 0.1) is 4.47 Å². The van der Waals surface area contributed by atoms with Gasteiger partial charge in [0.15, 0.2) is 0 Å². The summed E-state index contributed by atoms with van der Waals surface area (Å²) in [5.74, 6) is 0.829. The first kappa shape index (κ1) is 16.0. The number of rotatable bonds is 5. The van der Waals surface area contributed by atoms with Gasteiger partial charge in [-0.2, -0.15) is 0 Å². The molecule has 0 radical (unpaired) electrons. The number of benzene rings is 2. The van der Waals surface area contributed by atoms with Crippen LogP contribution in [0, 0.1) is 12.7 Å². The van der Waals surface area contributed by atoms with Gasteiger partial charge < -0.3 is 10.5 Å². The molecule has 0 saturated heterocycles. The van der Waals surface area contributed by atoms with Crippen LogP contribution in [-0.2, 0) is 6.42 Å². The normalized spacial score (nSPS) is 12.2. The van der Waals surface area contributed by atoms with Crippen LogP contribution in [0.25, 0.3) is 0 Å². The zero-order chi connectivity index (χ0) is 15.4. The summed E-state index contributed by atoms with van der Waals surface area (Å²) in [5, 5.41) is 0. The van der Waals surface area contributed by atoms with Gasteiger partial charge in [-0.15, -0.1) is 0 Å². The van der Waals surface area contributed by atoms with E-state index >= 15 is 0 Å². The Balaban J connectivity index is 2.18. The number of aryl methyl sites for hydroxylation is 1. The van der Waals surface area contributed by atoms with Gasteiger partial charge in [0, 0.05) is 12.1 Å². The van der Waals surface area contributed by atoms with E-state index in [1.165, 1.54) is 17.7 Å². The van der Waals surface area contributed by atoms with Crippen LogP contribution in [0.1, 0.15) is 24.5 Å². The Morgan fingerprint density at radius 2 is 2.00 bits per heavy atom. The third-order valence-electron chi connectivity index (χ3n) is 3.44. The molecule has 0 aromatic heterocycles. The summed E-state index contributed by atoms with van der Waals surface area (Å²) in [7, 11) is 0. The van der Waals surface area contributed by atoms with E-state index in [-0.39, 0.29) is 11.9 Å². The first-order valence-corrected chi connectivity index (χ1v) is 7.77. The van der Waals surface area contributed by atoms with Crippen molar-refractivity contribution in [3.05, 3.63) is 57.8 Å². The fourth-order valence-electron chi connectivity index (χ4n) is 2.07. The Bertz CT molecular complexity index is 630. The van der Waals surface area contributed by atoms with Crippen molar-refractivity contribution in [1.29, 1.82) is 0 Å². The van der Waals surface area contributed by atoms with Crippen LogP contribution in [0.15, 0.2) is 40.9 Å². The molecule has 1 unspecified atom stereocenters. The number of hydrogen-bond donors (Lipinski definition) is 1. The highest BCUT2D eigenvalue weighted by Crippen LogP contribution is 2.31. The summed E-state index contributed by atoms with van der Waals surface area (Å²) < 4.78 is 19.7. The van der Waals surface area contributed by atoms with Crippen molar-refractivity contribution in [2.24, 2.45) is 5.73 Å². The lowest BCUT2D eigenvalue weighted by atomic mass is 10.00. The predicted octanol–water partition coefficient (Wildman–Crippen LogP) is 4.97. The van der Waals surface area contributed by atoms with Gasteiger partial charge in [-0.05, 0) is 71.1 Å². The lowest BCUT2D eigenvalue weighted by molar-refractivity contribution is 0.473. The molecule has 0 aliphatic rings. The van der Waals surface area contributed by atoms with E-state index in [0.717, 1.165) is 22.9 Å². The molecular formula is C17H19BrFNO. The molecule has 2 N–H and O–H groups in total. The maximum absolute atomic E-state index is 13.3. The zero-order valence-electron chi connectivity index (χ0n) is 12.2. The third kappa shape index (κ3) is 4.29. The molecule has 0 saturated carbocycles. The van der Waals surface area contributed by atoms with Crippen molar-refractivity contribution in [1.82, 2.24) is 0 Å². The largest absolute Gasteiger partial charge is 0.456 e. The molecule has 0 aliphatic carbocycles. The maximum atomic E-state index is 13.3. The van der Waals surface area contributed by atoms with Crippen LogP contribution in [-0.4, -0.2) is 6.04 Å². The molecule has 21 heavy (non-hydrogen) atoms. The van der Waals surface area contributed by atoms with Crippen LogP contribution in [0.2, 0.25) is 0 Å². The van der Waals surface area contributed by atoms with E-state index in [4.69, 9.17) is 10.5 Å². The van der Waals surface area contributed by atoms with Crippen LogP contribution in [0.5, 0.6) is 11.5 Å². The first-order valence-electron chi connectivity index (χ1n) is 6.97. The van der Waals surface area contributed by atoms with Crippen LogP contribution in [0.4, 0.5) is 4.39 Å². The second-order valence-electron chi connectivity index (χ2n) is 5.14. The molecule has 0 heterocycles. The lowest BCUT2D eigenvalue weighted by Gasteiger charge is -2.13. The number of ether oxygens (including phenoxy) is 1. The highest BCUT2D eigenvalue weighted by atomic mass is 79.9. The Morgan fingerprint density at radius 1 is 1.24 bits per heavy atom. The van der Waals surface area contributed by atoms with Crippen molar-refractivity contribution in [2.45, 2.75) is 32.7 Å². The monoisotopic (exact) mass is 351 g/mol. The highest BCUT2D eigenvalue weighted by molar-refractivity contribution is 9.10. The van der Waals surface area contributed by atoms with Crippen molar-refractivity contribution >= 4 is 15.9 Å². The second-order valence-corrected chi connectivity index (χ2v) is 5.99. The van der Waals surface area contributed by atoms with Crippen molar-refractivity contribution in [3.8, 4) is 11.5 Å². The first-order chi connectivity index (χ1) is 9.99. The third-order valence-corrected chi connectivity index (χ3v) is 4.10. The highest BCUT2D eigenvalue weighted by Gasteiger charge is 2.08. The van der Waals surface area contributed by atoms with Gasteiger partial charge >= 0.3 is 0 Å². The summed E-state index contributed by atoms with van der Waals surface area (Å²) in [6.45, 7) is 4.12. The smallest absolute Gasteiger partial charge is 0.144 e. The van der Waals surface area contributed by atoms with E-state index in [2.05, 4.69) is 22.9 Å². The van der Waals surface area contributed by atoms with Crippen molar-refractivity contribution in [2.75, 3.05) is 0 Å². The van der Waals surface area contributed by atoms with Gasteiger partial charge in [-0.1, -0.05) is 13.0 Å². The quantitative estimate of drug-likeness (QED) is 0.825. The van der Waals surface area contributed by atoms with Crippen molar-refractivity contribution in [3.63, 3.8) is 0 Å². The van der Waals surface area contributed by atoms with Gasteiger partial charge in [-0.25, -0.2) is 4.39 Å². The zero-order valence-corrected chi connectivity index (χ0v) is 13.8. The maximum Gasteiger partial charge on any atom is 0.144 e. The minimum absolute atomic E-state index is 0.174. The summed E-state index contributed by atoms with van der Waals surface area (Å²) in [6, 6.07) is 10.4. The molecule has 2 aromatic rings. The number of hydrogen-bond acceptors (Lipinski definition) is 2. The Hall–Kier alpha value is -1.39. The summed E-state index contributed by atoms with van der Waals surface area (Å²) >= 11 is 3.35. The number of nitrogens with two attached hydrogens (primary N) is 1. The van der Waals surface area contributed by atoms with Gasteiger partial charge in [0.2, 0.25) is 0 Å². The molecule has 0 aliphatic heterocycles. The van der Waals surface area contributed by atoms with Gasteiger partial charge in [0.1, 0.15) is 17.3 Å². The molecule has 0 bridgehead atoms. The molecule has 2 nitrogen and oxygen atoms in total. The SMILES string of the molecule is CCC(N)Cc1ccc(Oc2cc(F)ccc2Br)cc1C. The molecule has 2 aromatic carbocycles. The molecule has 2 rings (SSSR count). The topological polar surface area (TPSA) is 35.2 Å². The van der Waals surface area contributed by atoms with E-state index in [1.54, 1.807) is 6.07 Å². The van der Waals surface area contributed by atoms with E-state index < -0.39 is 0 Å². The van der Waals surface area contributed by atoms with Gasteiger partial charge in [0.25, 0.3) is 0 Å². The molecule has 0 fully saturated rings. The predicted molar refractivity (Wildman–Crippen MR) is 87.3 cm³/mol. The molecule has 4 heteroatoms. The molecule has 0 amide bonds. The number of halogens is 2. The van der Waals surface area contributed by atoms with Crippen LogP contribution >= 0.6 is 15.9 Å². The average Bonchev–Trinajstić information content (AvgIpc) is 2.45.